The Hall–Kier alpha value is -1.62. The molecule has 2 amide bonds. The normalized spacial score (nSPS) is 19.6. The van der Waals surface area contributed by atoms with Crippen molar-refractivity contribution in [3.8, 4) is 0 Å². The quantitative estimate of drug-likeness (QED) is 0.571. The van der Waals surface area contributed by atoms with Crippen molar-refractivity contribution in [2.75, 3.05) is 26.2 Å². The predicted molar refractivity (Wildman–Crippen MR) is 70.8 cm³/mol. The number of primary amides is 1. The molecule has 0 bridgehead atoms. The van der Waals surface area contributed by atoms with E-state index in [0.29, 0.717) is 26.2 Å². The molecule has 0 aromatic carbocycles. The zero-order valence-corrected chi connectivity index (χ0v) is 11.0. The summed E-state index contributed by atoms with van der Waals surface area (Å²) >= 11 is 0. The molecule has 0 aromatic heterocycles. The second kappa shape index (κ2) is 6.96. The molecule has 0 unspecified atom stereocenters. The molecule has 1 saturated heterocycles. The van der Waals surface area contributed by atoms with Gasteiger partial charge in [-0.1, -0.05) is 18.2 Å². The number of hydrogen-bond donors (Lipinski definition) is 1. The van der Waals surface area contributed by atoms with Crippen LogP contribution >= 0.6 is 0 Å². The van der Waals surface area contributed by atoms with Gasteiger partial charge in [-0.3, -0.25) is 14.5 Å². The number of nitrogens with two attached hydrogens (primary N) is 1. The predicted octanol–water partition coefficient (Wildman–Crippen LogP) is 0.137. The first kappa shape index (κ1) is 14.4. The third-order valence-electron chi connectivity index (χ3n) is 3.13. The first-order valence-corrected chi connectivity index (χ1v) is 6.18. The molecule has 1 heterocycles. The SMILES string of the molecule is C/C=C/C=C/C(=O)N1CCN([C@@H](C)C(N)=O)CC1. The van der Waals surface area contributed by atoms with Crippen LogP contribution in [-0.2, 0) is 9.59 Å². The Morgan fingerprint density at radius 3 is 2.28 bits per heavy atom. The minimum Gasteiger partial charge on any atom is -0.368 e. The van der Waals surface area contributed by atoms with Crippen LogP contribution in [0.25, 0.3) is 0 Å². The highest BCUT2D eigenvalue weighted by Crippen LogP contribution is 2.06. The second-order valence-corrected chi connectivity index (χ2v) is 4.32. The van der Waals surface area contributed by atoms with E-state index in [1.807, 2.05) is 24.0 Å². The standard InChI is InChI=1S/C13H21N3O2/c1-3-4-5-6-12(17)16-9-7-15(8-10-16)11(2)13(14)18/h3-6,11H,7-10H2,1-2H3,(H2,14,18)/b4-3+,6-5+/t11-/m0/s1. The summed E-state index contributed by atoms with van der Waals surface area (Å²) < 4.78 is 0. The molecule has 1 atom stereocenters. The molecule has 0 saturated carbocycles. The number of piperazine rings is 1. The molecule has 0 radical (unpaired) electrons. The van der Waals surface area contributed by atoms with Gasteiger partial charge in [-0.15, -0.1) is 0 Å². The minimum absolute atomic E-state index is 0.0134. The highest BCUT2D eigenvalue weighted by atomic mass is 16.2. The van der Waals surface area contributed by atoms with Crippen LogP contribution in [0, 0.1) is 0 Å². The van der Waals surface area contributed by atoms with Crippen molar-refractivity contribution in [2.24, 2.45) is 5.73 Å². The summed E-state index contributed by atoms with van der Waals surface area (Å²) in [6, 6.07) is -0.263. The van der Waals surface area contributed by atoms with Gasteiger partial charge in [0.15, 0.2) is 0 Å². The summed E-state index contributed by atoms with van der Waals surface area (Å²) in [6.45, 7) is 6.35. The molecule has 0 spiro atoms. The Balaban J connectivity index is 2.44. The lowest BCUT2D eigenvalue weighted by molar-refractivity contribution is -0.129. The monoisotopic (exact) mass is 251 g/mol. The maximum Gasteiger partial charge on any atom is 0.246 e. The van der Waals surface area contributed by atoms with Crippen LogP contribution in [0.15, 0.2) is 24.3 Å². The summed E-state index contributed by atoms with van der Waals surface area (Å²) in [5.74, 6) is -0.303. The van der Waals surface area contributed by atoms with Gasteiger partial charge in [-0.05, 0) is 13.8 Å². The van der Waals surface area contributed by atoms with E-state index in [9.17, 15) is 9.59 Å². The average Bonchev–Trinajstić information content (AvgIpc) is 2.38. The van der Waals surface area contributed by atoms with Crippen molar-refractivity contribution in [3.63, 3.8) is 0 Å². The smallest absolute Gasteiger partial charge is 0.246 e. The Kier molecular flexibility index (Phi) is 5.58. The van der Waals surface area contributed by atoms with Gasteiger partial charge in [-0.2, -0.15) is 0 Å². The fourth-order valence-corrected chi connectivity index (χ4v) is 1.86. The van der Waals surface area contributed by atoms with E-state index in [4.69, 9.17) is 5.73 Å². The van der Waals surface area contributed by atoms with Gasteiger partial charge in [0.2, 0.25) is 11.8 Å². The Morgan fingerprint density at radius 2 is 1.78 bits per heavy atom. The largest absolute Gasteiger partial charge is 0.368 e. The summed E-state index contributed by atoms with van der Waals surface area (Å²) in [5.41, 5.74) is 5.26. The zero-order valence-electron chi connectivity index (χ0n) is 11.0. The lowest BCUT2D eigenvalue weighted by atomic mass is 10.2. The molecule has 1 aliphatic rings. The minimum atomic E-state index is -0.317. The van der Waals surface area contributed by atoms with E-state index in [1.165, 1.54) is 0 Å². The highest BCUT2D eigenvalue weighted by Gasteiger charge is 2.25. The van der Waals surface area contributed by atoms with Crippen molar-refractivity contribution in [1.29, 1.82) is 0 Å². The molecule has 100 valence electrons. The molecule has 1 fully saturated rings. The maximum absolute atomic E-state index is 11.8. The molecule has 5 heteroatoms. The lowest BCUT2D eigenvalue weighted by Crippen LogP contribution is -2.54. The van der Waals surface area contributed by atoms with Crippen molar-refractivity contribution in [1.82, 2.24) is 9.80 Å². The summed E-state index contributed by atoms with van der Waals surface area (Å²) in [5, 5.41) is 0. The number of nitrogens with zero attached hydrogens (tertiary/aromatic N) is 2. The van der Waals surface area contributed by atoms with Crippen molar-refractivity contribution in [3.05, 3.63) is 24.3 Å². The van der Waals surface area contributed by atoms with Gasteiger partial charge in [0.05, 0.1) is 6.04 Å². The number of amides is 2. The molecule has 0 aliphatic carbocycles. The number of allylic oxidation sites excluding steroid dienone is 3. The fraction of sp³-hybridized carbons (Fsp3) is 0.538. The zero-order chi connectivity index (χ0) is 13.5. The molecular weight excluding hydrogens is 230 g/mol. The van der Waals surface area contributed by atoms with Gasteiger partial charge in [0, 0.05) is 32.3 Å². The van der Waals surface area contributed by atoms with Crippen LogP contribution in [-0.4, -0.2) is 53.8 Å². The van der Waals surface area contributed by atoms with Crippen LogP contribution in [0.3, 0.4) is 0 Å². The second-order valence-electron chi connectivity index (χ2n) is 4.32. The van der Waals surface area contributed by atoms with E-state index in [-0.39, 0.29) is 17.9 Å². The number of rotatable bonds is 4. The number of carbonyl (C=O) groups is 2. The molecule has 1 aliphatic heterocycles. The van der Waals surface area contributed by atoms with Crippen molar-refractivity contribution >= 4 is 11.8 Å². The Labute approximate surface area is 108 Å². The van der Waals surface area contributed by atoms with E-state index >= 15 is 0 Å². The summed E-state index contributed by atoms with van der Waals surface area (Å²) in [7, 11) is 0. The molecular formula is C13H21N3O2. The molecule has 18 heavy (non-hydrogen) atoms. The van der Waals surface area contributed by atoms with Gasteiger partial charge in [-0.25, -0.2) is 0 Å². The molecule has 1 rings (SSSR count). The van der Waals surface area contributed by atoms with Crippen molar-refractivity contribution in [2.45, 2.75) is 19.9 Å². The third kappa shape index (κ3) is 4.00. The van der Waals surface area contributed by atoms with Crippen LogP contribution < -0.4 is 5.73 Å². The van der Waals surface area contributed by atoms with E-state index < -0.39 is 0 Å². The average molecular weight is 251 g/mol. The molecule has 2 N–H and O–H groups in total. The summed E-state index contributed by atoms with van der Waals surface area (Å²) in [4.78, 5) is 26.6. The van der Waals surface area contributed by atoms with Gasteiger partial charge < -0.3 is 10.6 Å². The van der Waals surface area contributed by atoms with Gasteiger partial charge in [0.25, 0.3) is 0 Å². The highest BCUT2D eigenvalue weighted by molar-refractivity contribution is 5.88. The van der Waals surface area contributed by atoms with Crippen LogP contribution in [0.1, 0.15) is 13.8 Å². The van der Waals surface area contributed by atoms with Crippen LogP contribution in [0.5, 0.6) is 0 Å². The van der Waals surface area contributed by atoms with Crippen LogP contribution in [0.4, 0.5) is 0 Å². The third-order valence-corrected chi connectivity index (χ3v) is 3.13. The fourth-order valence-electron chi connectivity index (χ4n) is 1.86. The molecule has 0 aromatic rings. The van der Waals surface area contributed by atoms with E-state index in [0.717, 1.165) is 0 Å². The topological polar surface area (TPSA) is 66.6 Å². The lowest BCUT2D eigenvalue weighted by Gasteiger charge is -2.36. The first-order valence-electron chi connectivity index (χ1n) is 6.18. The van der Waals surface area contributed by atoms with Gasteiger partial charge in [0.1, 0.15) is 0 Å². The number of carbonyl (C=O) groups excluding carboxylic acids is 2. The van der Waals surface area contributed by atoms with Gasteiger partial charge >= 0.3 is 0 Å². The van der Waals surface area contributed by atoms with E-state index in [2.05, 4.69) is 0 Å². The van der Waals surface area contributed by atoms with E-state index in [1.54, 1.807) is 24.0 Å². The first-order chi connectivity index (χ1) is 8.56. The maximum atomic E-state index is 11.8. The number of hydrogen-bond acceptors (Lipinski definition) is 3. The molecule has 5 nitrogen and oxygen atoms in total. The van der Waals surface area contributed by atoms with Crippen molar-refractivity contribution < 1.29 is 9.59 Å². The Morgan fingerprint density at radius 1 is 1.17 bits per heavy atom. The van der Waals surface area contributed by atoms with Crippen LogP contribution in [0.2, 0.25) is 0 Å². The Bertz CT molecular complexity index is 355. The summed E-state index contributed by atoms with van der Waals surface area (Å²) in [6.07, 6.45) is 6.99.